The van der Waals surface area contributed by atoms with Crippen molar-refractivity contribution in [2.24, 2.45) is 5.73 Å². The Bertz CT molecular complexity index is 559. The number of rotatable bonds is 5. The van der Waals surface area contributed by atoms with Crippen LogP contribution in [0.15, 0.2) is 9.31 Å². The van der Waals surface area contributed by atoms with Crippen LogP contribution in [0.5, 0.6) is 0 Å². The normalized spacial score (nSPS) is 20.2. The summed E-state index contributed by atoms with van der Waals surface area (Å²) in [6.07, 6.45) is 2.95. The van der Waals surface area contributed by atoms with Crippen LogP contribution in [0.2, 0.25) is 0 Å². The van der Waals surface area contributed by atoms with E-state index in [4.69, 9.17) is 14.9 Å². The van der Waals surface area contributed by atoms with Gasteiger partial charge in [-0.2, -0.15) is 0 Å². The molecule has 3 N–H and O–H groups in total. The number of hydrogen-bond donors (Lipinski definition) is 2. The summed E-state index contributed by atoms with van der Waals surface area (Å²) >= 11 is 0. The largest absolute Gasteiger partial charge is 0.465 e. The summed E-state index contributed by atoms with van der Waals surface area (Å²) in [5, 5.41) is 0. The quantitative estimate of drug-likeness (QED) is 0.852. The van der Waals surface area contributed by atoms with Gasteiger partial charge in [-0.15, -0.1) is 0 Å². The van der Waals surface area contributed by atoms with Gasteiger partial charge in [0.1, 0.15) is 16.4 Å². The summed E-state index contributed by atoms with van der Waals surface area (Å²) in [7, 11) is -3.62. The van der Waals surface area contributed by atoms with Gasteiger partial charge in [-0.25, -0.2) is 13.1 Å². The molecule has 1 aromatic heterocycles. The van der Waals surface area contributed by atoms with Gasteiger partial charge in [-0.3, -0.25) is 0 Å². The second-order valence-electron chi connectivity index (χ2n) is 5.07. The lowest BCUT2D eigenvalue weighted by atomic mass is 10.1. The molecule has 1 unspecified atom stereocenters. The maximum Gasteiger partial charge on any atom is 0.244 e. The molecule has 0 bridgehead atoms. The van der Waals surface area contributed by atoms with E-state index in [0.29, 0.717) is 23.7 Å². The Hall–Kier alpha value is -0.890. The van der Waals surface area contributed by atoms with Crippen molar-refractivity contribution in [3.05, 3.63) is 17.1 Å². The highest BCUT2D eigenvalue weighted by molar-refractivity contribution is 7.89. The van der Waals surface area contributed by atoms with Gasteiger partial charge in [0.05, 0.1) is 6.10 Å². The summed E-state index contributed by atoms with van der Waals surface area (Å²) in [6, 6.07) is 0. The van der Waals surface area contributed by atoms with Crippen LogP contribution in [0.4, 0.5) is 0 Å². The highest BCUT2D eigenvalue weighted by Crippen LogP contribution is 2.26. The molecule has 114 valence electrons. The van der Waals surface area contributed by atoms with Gasteiger partial charge in [-0.05, 0) is 33.1 Å². The van der Waals surface area contributed by atoms with Crippen LogP contribution >= 0.6 is 0 Å². The van der Waals surface area contributed by atoms with Crippen LogP contribution in [0, 0.1) is 13.8 Å². The first-order chi connectivity index (χ1) is 9.45. The molecule has 1 aliphatic heterocycles. The molecule has 6 nitrogen and oxygen atoms in total. The fraction of sp³-hybridized carbons (Fsp3) is 0.692. The Balaban J connectivity index is 2.13. The first-order valence-corrected chi connectivity index (χ1v) is 8.34. The number of aryl methyl sites for hydroxylation is 2. The van der Waals surface area contributed by atoms with Crippen molar-refractivity contribution in [3.63, 3.8) is 0 Å². The van der Waals surface area contributed by atoms with E-state index < -0.39 is 10.0 Å². The Morgan fingerprint density at radius 3 is 2.65 bits per heavy atom. The number of nitrogens with one attached hydrogen (secondary N) is 1. The van der Waals surface area contributed by atoms with Crippen LogP contribution in [-0.4, -0.2) is 27.7 Å². The average Bonchev–Trinajstić information content (AvgIpc) is 2.72. The van der Waals surface area contributed by atoms with E-state index in [1.807, 2.05) is 0 Å². The van der Waals surface area contributed by atoms with Crippen molar-refractivity contribution in [2.75, 3.05) is 13.2 Å². The van der Waals surface area contributed by atoms with Crippen LogP contribution < -0.4 is 10.5 Å². The van der Waals surface area contributed by atoms with Crippen LogP contribution in [0.25, 0.3) is 0 Å². The molecule has 1 aromatic rings. The lowest BCUT2D eigenvalue weighted by Crippen LogP contribution is -2.36. The minimum Gasteiger partial charge on any atom is -0.465 e. The molecular formula is C13H22N2O4S. The third-order valence-electron chi connectivity index (χ3n) is 3.57. The van der Waals surface area contributed by atoms with Gasteiger partial charge < -0.3 is 14.9 Å². The van der Waals surface area contributed by atoms with Crippen LogP contribution in [0.1, 0.15) is 36.3 Å². The molecule has 2 heterocycles. The predicted molar refractivity (Wildman–Crippen MR) is 74.9 cm³/mol. The van der Waals surface area contributed by atoms with Gasteiger partial charge in [0, 0.05) is 25.3 Å². The Labute approximate surface area is 119 Å². The number of furan rings is 1. The molecule has 0 amide bonds. The zero-order chi connectivity index (χ0) is 14.8. The molecule has 0 radical (unpaired) electrons. The second kappa shape index (κ2) is 6.26. The summed E-state index contributed by atoms with van der Waals surface area (Å²) in [6.45, 7) is 4.48. The van der Waals surface area contributed by atoms with Crippen molar-refractivity contribution in [3.8, 4) is 0 Å². The standard InChI is InChI=1S/C13H22N2O4S/c1-9-12(7-14)13(10(2)19-9)20(16,17)15-8-11-5-3-4-6-18-11/h11,15H,3-8,14H2,1-2H3. The molecule has 1 aliphatic rings. The molecule has 1 fully saturated rings. The molecule has 7 heteroatoms. The molecule has 0 spiro atoms. The molecule has 0 saturated carbocycles. The minimum absolute atomic E-state index is 0.0480. The molecule has 2 rings (SSSR count). The first kappa shape index (κ1) is 15.5. The smallest absolute Gasteiger partial charge is 0.244 e. The number of hydrogen-bond acceptors (Lipinski definition) is 5. The fourth-order valence-electron chi connectivity index (χ4n) is 2.54. The third kappa shape index (κ3) is 3.22. The van der Waals surface area contributed by atoms with Crippen molar-refractivity contribution in [1.29, 1.82) is 0 Å². The van der Waals surface area contributed by atoms with E-state index in [-0.39, 0.29) is 24.1 Å². The minimum atomic E-state index is -3.62. The molecule has 1 saturated heterocycles. The summed E-state index contributed by atoms with van der Waals surface area (Å²) in [5.41, 5.74) is 6.16. The van der Waals surface area contributed by atoms with E-state index in [1.165, 1.54) is 0 Å². The molecule has 1 atom stereocenters. The monoisotopic (exact) mass is 302 g/mol. The van der Waals surface area contributed by atoms with Crippen molar-refractivity contribution in [1.82, 2.24) is 4.72 Å². The first-order valence-electron chi connectivity index (χ1n) is 6.86. The molecular weight excluding hydrogens is 280 g/mol. The fourth-order valence-corrected chi connectivity index (χ4v) is 4.06. The lowest BCUT2D eigenvalue weighted by molar-refractivity contribution is 0.0200. The molecule has 0 aliphatic carbocycles. The van der Waals surface area contributed by atoms with Gasteiger partial charge in [0.2, 0.25) is 10.0 Å². The summed E-state index contributed by atoms with van der Waals surface area (Å²) in [4.78, 5) is 0.174. The van der Waals surface area contributed by atoms with E-state index >= 15 is 0 Å². The van der Waals surface area contributed by atoms with Gasteiger partial charge >= 0.3 is 0 Å². The summed E-state index contributed by atoms with van der Waals surface area (Å²) in [5.74, 6) is 0.930. The Kier molecular flexibility index (Phi) is 4.85. The van der Waals surface area contributed by atoms with Crippen LogP contribution in [0.3, 0.4) is 0 Å². The zero-order valence-corrected chi connectivity index (χ0v) is 12.8. The number of sulfonamides is 1. The van der Waals surface area contributed by atoms with E-state index in [9.17, 15) is 8.42 Å². The van der Waals surface area contributed by atoms with Crippen LogP contribution in [-0.2, 0) is 21.3 Å². The zero-order valence-electron chi connectivity index (χ0n) is 11.9. The second-order valence-corrected chi connectivity index (χ2v) is 6.77. The maximum atomic E-state index is 12.4. The number of ether oxygens (including phenoxy) is 1. The van der Waals surface area contributed by atoms with Crippen molar-refractivity contribution in [2.45, 2.75) is 50.7 Å². The van der Waals surface area contributed by atoms with E-state index in [1.54, 1.807) is 13.8 Å². The van der Waals surface area contributed by atoms with Crippen molar-refractivity contribution >= 4 is 10.0 Å². The predicted octanol–water partition coefficient (Wildman–Crippen LogP) is 1.20. The maximum absolute atomic E-state index is 12.4. The van der Waals surface area contributed by atoms with Crippen molar-refractivity contribution < 1.29 is 17.6 Å². The molecule has 0 aromatic carbocycles. The van der Waals surface area contributed by atoms with Gasteiger partial charge in [0.25, 0.3) is 0 Å². The SMILES string of the molecule is Cc1oc(C)c(S(=O)(=O)NCC2CCCCO2)c1CN. The lowest BCUT2D eigenvalue weighted by Gasteiger charge is -2.22. The average molecular weight is 302 g/mol. The topological polar surface area (TPSA) is 94.6 Å². The molecule has 20 heavy (non-hydrogen) atoms. The third-order valence-corrected chi connectivity index (χ3v) is 5.19. The van der Waals surface area contributed by atoms with Gasteiger partial charge in [-0.1, -0.05) is 0 Å². The summed E-state index contributed by atoms with van der Waals surface area (Å²) < 4.78 is 38.3. The van der Waals surface area contributed by atoms with Gasteiger partial charge in [0.15, 0.2) is 0 Å². The number of nitrogens with two attached hydrogens (primary N) is 1. The van der Waals surface area contributed by atoms with E-state index in [2.05, 4.69) is 4.72 Å². The Morgan fingerprint density at radius 1 is 1.30 bits per heavy atom. The highest BCUT2D eigenvalue weighted by atomic mass is 32.2. The Morgan fingerprint density at radius 2 is 2.05 bits per heavy atom. The highest BCUT2D eigenvalue weighted by Gasteiger charge is 2.27. The van der Waals surface area contributed by atoms with E-state index in [0.717, 1.165) is 19.3 Å².